The molecule has 3 aromatic heterocycles. The number of aromatic amines is 1. The molecule has 0 amide bonds. The van der Waals surface area contributed by atoms with Gasteiger partial charge in [0.15, 0.2) is 17.2 Å². The number of para-hydroxylation sites is 1. The number of aryl methyl sites for hydroxylation is 1. The van der Waals surface area contributed by atoms with E-state index in [1.807, 2.05) is 25.2 Å². The monoisotopic (exact) mass is 439 g/mol. The van der Waals surface area contributed by atoms with Crippen molar-refractivity contribution in [2.45, 2.75) is 18.8 Å². The zero-order chi connectivity index (χ0) is 19.3. The number of nitrogens with zero attached hydrogens (tertiary/aromatic N) is 5. The number of hydrogen-bond donors (Lipinski definition) is 2. The number of imidazole rings is 1. The Balaban J connectivity index is 1.60. The molecule has 8 nitrogen and oxygen atoms in total. The number of benzene rings is 1. The number of methoxy groups -OCH3 is 1. The predicted octanol–water partition coefficient (Wildman–Crippen LogP) is 4.15. The summed E-state index contributed by atoms with van der Waals surface area (Å²) in [4.78, 5) is 16.9. The van der Waals surface area contributed by atoms with Gasteiger partial charge in [-0.3, -0.25) is 4.68 Å². The lowest BCUT2D eigenvalue weighted by Crippen LogP contribution is -1.99. The van der Waals surface area contributed by atoms with Gasteiger partial charge in [0.1, 0.15) is 17.7 Å². The van der Waals surface area contributed by atoms with Crippen LogP contribution in [0.3, 0.4) is 0 Å². The fourth-order valence-corrected chi connectivity index (χ4v) is 3.65. The standard InChI is InChI=1S/C19H18BrN7O/c1-27-9-22-18(26-27)11-4-3-5-13(16(11)28-2)23-14-12(20)8-21-19-15(14)24-17(25-19)10-6-7-10/h3-5,8-10H,6-7H2,1-2H3,(H2,21,23,24,25). The molecule has 1 aliphatic rings. The first kappa shape index (κ1) is 17.2. The molecule has 0 aliphatic heterocycles. The van der Waals surface area contributed by atoms with Crippen molar-refractivity contribution in [2.75, 3.05) is 12.4 Å². The van der Waals surface area contributed by atoms with Gasteiger partial charge in [-0.1, -0.05) is 6.07 Å². The Bertz CT molecular complexity index is 1180. The van der Waals surface area contributed by atoms with Crippen LogP contribution in [0.2, 0.25) is 0 Å². The highest BCUT2D eigenvalue weighted by Gasteiger charge is 2.28. The number of H-pyrrole nitrogens is 1. The Labute approximate surface area is 169 Å². The Morgan fingerprint density at radius 1 is 1.29 bits per heavy atom. The minimum Gasteiger partial charge on any atom is -0.494 e. The van der Waals surface area contributed by atoms with Gasteiger partial charge in [-0.2, -0.15) is 5.10 Å². The molecule has 0 radical (unpaired) electrons. The van der Waals surface area contributed by atoms with Crippen LogP contribution >= 0.6 is 15.9 Å². The van der Waals surface area contributed by atoms with Crippen LogP contribution < -0.4 is 10.1 Å². The number of pyridine rings is 1. The van der Waals surface area contributed by atoms with Crippen molar-refractivity contribution in [3.8, 4) is 17.1 Å². The van der Waals surface area contributed by atoms with Crippen LogP contribution in [0.1, 0.15) is 24.6 Å². The van der Waals surface area contributed by atoms with Gasteiger partial charge in [-0.05, 0) is 40.9 Å². The molecule has 9 heteroatoms. The molecule has 0 spiro atoms. The normalized spacial score (nSPS) is 13.8. The predicted molar refractivity (Wildman–Crippen MR) is 110 cm³/mol. The Kier molecular flexibility index (Phi) is 4.04. The summed E-state index contributed by atoms with van der Waals surface area (Å²) < 4.78 is 8.22. The summed E-state index contributed by atoms with van der Waals surface area (Å²) >= 11 is 3.61. The van der Waals surface area contributed by atoms with E-state index in [4.69, 9.17) is 4.74 Å². The zero-order valence-electron chi connectivity index (χ0n) is 15.4. The number of aromatic nitrogens is 6. The summed E-state index contributed by atoms with van der Waals surface area (Å²) in [5.74, 6) is 2.81. The lowest BCUT2D eigenvalue weighted by atomic mass is 10.1. The molecule has 28 heavy (non-hydrogen) atoms. The van der Waals surface area contributed by atoms with Gasteiger partial charge in [0.05, 0.1) is 28.5 Å². The van der Waals surface area contributed by atoms with Gasteiger partial charge in [-0.25, -0.2) is 15.0 Å². The van der Waals surface area contributed by atoms with E-state index in [1.165, 1.54) is 12.8 Å². The molecule has 1 saturated carbocycles. The molecule has 2 N–H and O–H groups in total. The second-order valence-electron chi connectivity index (χ2n) is 6.83. The molecule has 1 aromatic carbocycles. The molecule has 0 saturated heterocycles. The first-order valence-electron chi connectivity index (χ1n) is 8.98. The number of halogens is 1. The summed E-state index contributed by atoms with van der Waals surface area (Å²) in [5, 5.41) is 7.88. The Hall–Kier alpha value is -2.94. The maximum absolute atomic E-state index is 5.71. The van der Waals surface area contributed by atoms with Gasteiger partial charge in [-0.15, -0.1) is 0 Å². The maximum Gasteiger partial charge on any atom is 0.184 e. The molecular formula is C19H18BrN7O. The lowest BCUT2D eigenvalue weighted by Gasteiger charge is -2.15. The van der Waals surface area contributed by atoms with Crippen LogP contribution in [-0.4, -0.2) is 36.8 Å². The van der Waals surface area contributed by atoms with Gasteiger partial charge >= 0.3 is 0 Å². The van der Waals surface area contributed by atoms with E-state index in [1.54, 1.807) is 24.3 Å². The van der Waals surface area contributed by atoms with Crippen molar-refractivity contribution in [3.63, 3.8) is 0 Å². The SMILES string of the molecule is COc1c(Nc2c(Br)cnc3nc(C4CC4)[nH]c23)cccc1-c1ncn(C)n1. The summed E-state index contributed by atoms with van der Waals surface area (Å²) in [5.41, 5.74) is 4.07. The van der Waals surface area contributed by atoms with E-state index in [0.29, 0.717) is 23.1 Å². The molecule has 4 aromatic rings. The Morgan fingerprint density at radius 2 is 2.14 bits per heavy atom. The Morgan fingerprint density at radius 3 is 2.86 bits per heavy atom. The molecule has 1 fully saturated rings. The van der Waals surface area contributed by atoms with E-state index in [-0.39, 0.29) is 0 Å². The van der Waals surface area contributed by atoms with Gasteiger partial charge in [0.2, 0.25) is 0 Å². The van der Waals surface area contributed by atoms with Crippen LogP contribution in [0, 0.1) is 0 Å². The van der Waals surface area contributed by atoms with E-state index < -0.39 is 0 Å². The van der Waals surface area contributed by atoms with Crippen molar-refractivity contribution in [3.05, 3.63) is 41.0 Å². The van der Waals surface area contributed by atoms with Crippen molar-refractivity contribution in [1.82, 2.24) is 29.7 Å². The smallest absolute Gasteiger partial charge is 0.184 e. The number of rotatable bonds is 5. The quantitative estimate of drug-likeness (QED) is 0.485. The molecule has 0 unspecified atom stereocenters. The van der Waals surface area contributed by atoms with Crippen molar-refractivity contribution < 1.29 is 4.74 Å². The van der Waals surface area contributed by atoms with Gasteiger partial charge in [0.25, 0.3) is 0 Å². The van der Waals surface area contributed by atoms with Gasteiger partial charge in [0, 0.05) is 19.2 Å². The topological polar surface area (TPSA) is 93.5 Å². The minimum absolute atomic E-state index is 0.522. The molecular weight excluding hydrogens is 422 g/mol. The lowest BCUT2D eigenvalue weighted by molar-refractivity contribution is 0.418. The largest absolute Gasteiger partial charge is 0.494 e. The second-order valence-corrected chi connectivity index (χ2v) is 7.68. The van der Waals surface area contributed by atoms with Crippen LogP contribution in [0.25, 0.3) is 22.6 Å². The molecule has 1 aliphatic carbocycles. The number of anilines is 2. The van der Waals surface area contributed by atoms with E-state index in [0.717, 1.165) is 32.8 Å². The van der Waals surface area contributed by atoms with E-state index in [2.05, 4.69) is 46.3 Å². The summed E-state index contributed by atoms with van der Waals surface area (Å²) in [7, 11) is 3.48. The van der Waals surface area contributed by atoms with E-state index >= 15 is 0 Å². The second kappa shape index (κ2) is 6.59. The van der Waals surface area contributed by atoms with Crippen LogP contribution in [0.5, 0.6) is 5.75 Å². The molecule has 3 heterocycles. The molecule has 142 valence electrons. The fraction of sp³-hybridized carbons (Fsp3) is 0.263. The first-order chi connectivity index (χ1) is 13.6. The summed E-state index contributed by atoms with van der Waals surface area (Å²) in [6.45, 7) is 0. The number of hydrogen-bond acceptors (Lipinski definition) is 6. The fourth-order valence-electron chi connectivity index (χ4n) is 3.25. The average molecular weight is 440 g/mol. The van der Waals surface area contributed by atoms with Crippen LogP contribution in [0.15, 0.2) is 35.2 Å². The summed E-state index contributed by atoms with van der Waals surface area (Å²) in [6, 6.07) is 5.85. The minimum atomic E-state index is 0.522. The highest BCUT2D eigenvalue weighted by molar-refractivity contribution is 9.10. The van der Waals surface area contributed by atoms with Crippen molar-refractivity contribution in [2.24, 2.45) is 7.05 Å². The van der Waals surface area contributed by atoms with Gasteiger partial charge < -0.3 is 15.0 Å². The third kappa shape index (κ3) is 2.91. The average Bonchev–Trinajstić information content (AvgIpc) is 3.31. The molecule has 0 atom stereocenters. The maximum atomic E-state index is 5.71. The summed E-state index contributed by atoms with van der Waals surface area (Å²) in [6.07, 6.45) is 5.79. The van der Waals surface area contributed by atoms with Crippen LogP contribution in [0.4, 0.5) is 11.4 Å². The first-order valence-corrected chi connectivity index (χ1v) is 9.77. The number of ether oxygens (including phenoxy) is 1. The highest BCUT2D eigenvalue weighted by Crippen LogP contribution is 2.42. The third-order valence-corrected chi connectivity index (χ3v) is 5.38. The third-order valence-electron chi connectivity index (χ3n) is 4.78. The molecule has 5 rings (SSSR count). The molecule has 0 bridgehead atoms. The van der Waals surface area contributed by atoms with Crippen LogP contribution in [-0.2, 0) is 7.05 Å². The van der Waals surface area contributed by atoms with E-state index in [9.17, 15) is 0 Å². The highest BCUT2D eigenvalue weighted by atomic mass is 79.9. The van der Waals surface area contributed by atoms with Crippen molar-refractivity contribution >= 4 is 38.5 Å². The van der Waals surface area contributed by atoms with Crippen molar-refractivity contribution in [1.29, 1.82) is 0 Å². The number of fused-ring (bicyclic) bond motifs is 1. The zero-order valence-corrected chi connectivity index (χ0v) is 17.0. The number of nitrogens with one attached hydrogen (secondary N) is 2.